The summed E-state index contributed by atoms with van der Waals surface area (Å²) >= 11 is 0. The van der Waals surface area contributed by atoms with E-state index in [1.165, 1.54) is 12.1 Å². The molecule has 30 heavy (non-hydrogen) atoms. The maximum absolute atomic E-state index is 13.6. The first-order chi connectivity index (χ1) is 14.3. The molecule has 2 aromatic carbocycles. The number of hydrogen-bond donors (Lipinski definition) is 1. The average Bonchev–Trinajstić information content (AvgIpc) is 3.07. The number of sulfonamides is 1. The molecule has 0 saturated carbocycles. The van der Waals surface area contributed by atoms with Gasteiger partial charge in [0.1, 0.15) is 5.82 Å². The molecule has 2 aromatic rings. The summed E-state index contributed by atoms with van der Waals surface area (Å²) in [6.45, 7) is 4.18. The lowest BCUT2D eigenvalue weighted by Crippen LogP contribution is -2.47. The number of hydrogen-bond acceptors (Lipinski definition) is 3. The number of nitrogens with zero attached hydrogens (tertiary/aromatic N) is 1. The number of amides is 1. The Morgan fingerprint density at radius 1 is 1.23 bits per heavy atom. The van der Waals surface area contributed by atoms with E-state index >= 15 is 0 Å². The van der Waals surface area contributed by atoms with Crippen LogP contribution in [0.5, 0.6) is 0 Å². The molecule has 1 heterocycles. The minimum atomic E-state index is -3.40. The van der Waals surface area contributed by atoms with Crippen molar-refractivity contribution in [3.63, 3.8) is 0 Å². The molecule has 1 amide bonds. The van der Waals surface area contributed by atoms with Gasteiger partial charge in [0.2, 0.25) is 15.9 Å². The van der Waals surface area contributed by atoms with Gasteiger partial charge in [-0.25, -0.2) is 17.5 Å². The van der Waals surface area contributed by atoms with Gasteiger partial charge in [-0.15, -0.1) is 6.58 Å². The molecule has 1 aliphatic heterocycles. The normalized spacial score (nSPS) is 19.1. The Morgan fingerprint density at radius 2 is 1.93 bits per heavy atom. The van der Waals surface area contributed by atoms with Gasteiger partial charge in [0.25, 0.3) is 0 Å². The standard InChI is InChI=1S/C23H27FN2O3S/c1-3-4-11-23(27)26-13-12-21(25-30(2,28)29)22(26)15-17-7-5-8-18(14-17)19-9-6-10-20(24)16-19/h3,5-10,14,16,21-22,25H,1,4,11-13,15H2,2H3/t21-,22-/m0/s1. The fourth-order valence-electron chi connectivity index (χ4n) is 3.98. The zero-order chi connectivity index (χ0) is 21.7. The van der Waals surface area contributed by atoms with Crippen molar-refractivity contribution in [2.75, 3.05) is 12.8 Å². The Labute approximate surface area is 177 Å². The van der Waals surface area contributed by atoms with E-state index < -0.39 is 10.0 Å². The SMILES string of the molecule is C=CCCC(=O)N1CC[C@H](NS(C)(=O)=O)[C@@H]1Cc1cccc(-c2cccc(F)c2)c1. The van der Waals surface area contributed by atoms with E-state index in [1.54, 1.807) is 17.0 Å². The van der Waals surface area contributed by atoms with Crippen molar-refractivity contribution in [2.45, 2.75) is 37.8 Å². The van der Waals surface area contributed by atoms with Crippen LogP contribution in [0.4, 0.5) is 4.39 Å². The van der Waals surface area contributed by atoms with Crippen molar-refractivity contribution in [3.05, 3.63) is 72.6 Å². The number of nitrogens with one attached hydrogen (secondary N) is 1. The van der Waals surface area contributed by atoms with Crippen LogP contribution in [-0.4, -0.2) is 44.1 Å². The number of benzene rings is 2. The van der Waals surface area contributed by atoms with Gasteiger partial charge in [0, 0.05) is 19.0 Å². The second kappa shape index (κ2) is 9.53. The predicted octanol–water partition coefficient (Wildman–Crippen LogP) is 3.52. The zero-order valence-corrected chi connectivity index (χ0v) is 17.9. The molecular weight excluding hydrogens is 403 g/mol. The number of carbonyl (C=O) groups excluding carboxylic acids is 1. The summed E-state index contributed by atoms with van der Waals surface area (Å²) in [7, 11) is -3.40. The van der Waals surface area contributed by atoms with Crippen LogP contribution in [0, 0.1) is 5.82 Å². The molecule has 0 unspecified atom stereocenters. The van der Waals surface area contributed by atoms with Gasteiger partial charge in [-0.1, -0.05) is 42.5 Å². The van der Waals surface area contributed by atoms with Crippen LogP contribution >= 0.6 is 0 Å². The van der Waals surface area contributed by atoms with Crippen LogP contribution < -0.4 is 4.72 Å². The molecule has 1 N–H and O–H groups in total. The lowest BCUT2D eigenvalue weighted by molar-refractivity contribution is -0.132. The minimum absolute atomic E-state index is 0.000939. The molecule has 0 radical (unpaired) electrons. The van der Waals surface area contributed by atoms with Gasteiger partial charge in [-0.05, 0) is 48.1 Å². The molecule has 5 nitrogen and oxygen atoms in total. The fraction of sp³-hybridized carbons (Fsp3) is 0.348. The van der Waals surface area contributed by atoms with Crippen LogP contribution in [0.15, 0.2) is 61.2 Å². The highest BCUT2D eigenvalue weighted by Gasteiger charge is 2.38. The Kier molecular flexibility index (Phi) is 7.05. The van der Waals surface area contributed by atoms with Crippen molar-refractivity contribution < 1.29 is 17.6 Å². The molecule has 1 fully saturated rings. The molecule has 1 saturated heterocycles. The summed E-state index contributed by atoms with van der Waals surface area (Å²) in [5.41, 5.74) is 2.61. The molecule has 0 aromatic heterocycles. The second-order valence-corrected chi connectivity index (χ2v) is 9.46. The van der Waals surface area contributed by atoms with Gasteiger partial charge in [0.15, 0.2) is 0 Å². The largest absolute Gasteiger partial charge is 0.338 e. The van der Waals surface area contributed by atoms with Crippen LogP contribution in [-0.2, 0) is 21.2 Å². The fourth-order valence-corrected chi connectivity index (χ4v) is 4.81. The van der Waals surface area contributed by atoms with E-state index in [4.69, 9.17) is 0 Å². The number of rotatable bonds is 8. The van der Waals surface area contributed by atoms with Gasteiger partial charge in [-0.2, -0.15) is 0 Å². The Bertz CT molecular complexity index is 1020. The van der Waals surface area contributed by atoms with E-state index in [1.807, 2.05) is 30.3 Å². The third kappa shape index (κ3) is 5.77. The van der Waals surface area contributed by atoms with Gasteiger partial charge in [0.05, 0.1) is 12.3 Å². The van der Waals surface area contributed by atoms with Crippen molar-refractivity contribution in [1.82, 2.24) is 9.62 Å². The molecule has 160 valence electrons. The Morgan fingerprint density at radius 3 is 2.60 bits per heavy atom. The van der Waals surface area contributed by atoms with E-state index in [2.05, 4.69) is 11.3 Å². The summed E-state index contributed by atoms with van der Waals surface area (Å²) in [6.07, 6.45) is 4.86. The summed E-state index contributed by atoms with van der Waals surface area (Å²) in [5, 5.41) is 0. The smallest absolute Gasteiger partial charge is 0.223 e. The van der Waals surface area contributed by atoms with Crippen LogP contribution in [0.25, 0.3) is 11.1 Å². The lowest BCUT2D eigenvalue weighted by Gasteiger charge is -2.29. The molecule has 1 aliphatic rings. The van der Waals surface area contributed by atoms with Crippen molar-refractivity contribution in [2.24, 2.45) is 0 Å². The quantitative estimate of drug-likeness (QED) is 0.652. The third-order valence-electron chi connectivity index (χ3n) is 5.32. The summed E-state index contributed by atoms with van der Waals surface area (Å²) in [5.74, 6) is -0.302. The molecule has 7 heteroatoms. The number of carbonyl (C=O) groups is 1. The third-order valence-corrected chi connectivity index (χ3v) is 6.05. The van der Waals surface area contributed by atoms with E-state index in [-0.39, 0.29) is 23.8 Å². The van der Waals surface area contributed by atoms with Crippen LogP contribution in [0.3, 0.4) is 0 Å². The van der Waals surface area contributed by atoms with Crippen LogP contribution in [0.1, 0.15) is 24.8 Å². The molecular formula is C23H27FN2O3S. The lowest BCUT2D eigenvalue weighted by atomic mass is 9.96. The van der Waals surface area contributed by atoms with Gasteiger partial charge < -0.3 is 4.90 Å². The Hall–Kier alpha value is -2.51. The first-order valence-electron chi connectivity index (χ1n) is 9.99. The minimum Gasteiger partial charge on any atom is -0.338 e. The number of halogens is 1. The average molecular weight is 431 g/mol. The molecule has 2 atom stereocenters. The molecule has 0 aliphatic carbocycles. The molecule has 0 spiro atoms. The predicted molar refractivity (Wildman–Crippen MR) is 117 cm³/mol. The zero-order valence-electron chi connectivity index (χ0n) is 17.1. The van der Waals surface area contributed by atoms with E-state index in [0.717, 1.165) is 22.9 Å². The summed E-state index contributed by atoms with van der Waals surface area (Å²) < 4.78 is 40.0. The highest BCUT2D eigenvalue weighted by Crippen LogP contribution is 2.26. The second-order valence-electron chi connectivity index (χ2n) is 7.68. The summed E-state index contributed by atoms with van der Waals surface area (Å²) in [6, 6.07) is 13.5. The first kappa shape index (κ1) is 22.2. The maximum Gasteiger partial charge on any atom is 0.223 e. The van der Waals surface area contributed by atoms with E-state index in [9.17, 15) is 17.6 Å². The van der Waals surface area contributed by atoms with E-state index in [0.29, 0.717) is 32.2 Å². The number of allylic oxidation sites excluding steroid dienone is 1. The monoisotopic (exact) mass is 430 g/mol. The highest BCUT2D eigenvalue weighted by molar-refractivity contribution is 7.88. The number of likely N-dealkylation sites (tertiary alicyclic amines) is 1. The topological polar surface area (TPSA) is 66.5 Å². The maximum atomic E-state index is 13.6. The van der Waals surface area contributed by atoms with Crippen molar-refractivity contribution >= 4 is 15.9 Å². The molecule has 3 rings (SSSR count). The van der Waals surface area contributed by atoms with Crippen molar-refractivity contribution in [3.8, 4) is 11.1 Å². The highest BCUT2D eigenvalue weighted by atomic mass is 32.2. The van der Waals surface area contributed by atoms with Crippen molar-refractivity contribution in [1.29, 1.82) is 0 Å². The molecule has 0 bridgehead atoms. The summed E-state index contributed by atoms with van der Waals surface area (Å²) in [4.78, 5) is 14.5. The van der Waals surface area contributed by atoms with Gasteiger partial charge in [-0.3, -0.25) is 4.79 Å². The first-order valence-corrected chi connectivity index (χ1v) is 11.9. The van der Waals surface area contributed by atoms with Gasteiger partial charge >= 0.3 is 0 Å². The Balaban J connectivity index is 1.86. The van der Waals surface area contributed by atoms with Crippen LogP contribution in [0.2, 0.25) is 0 Å².